The Kier molecular flexibility index (Phi) is 7.28. The Balaban J connectivity index is 2.45. The van der Waals surface area contributed by atoms with Crippen LogP contribution in [0.1, 0.15) is 6.42 Å². The van der Waals surface area contributed by atoms with Crippen molar-refractivity contribution in [3.8, 4) is 0 Å². The average Bonchev–Trinajstić information content (AvgIpc) is 1.69. The predicted molar refractivity (Wildman–Crippen MR) is 39.2 cm³/mol. The number of hydrogen-bond donors (Lipinski definition) is 0. The van der Waals surface area contributed by atoms with Crippen LogP contribution in [-0.2, 0) is 4.74 Å². The van der Waals surface area contributed by atoms with Crippen LogP contribution < -0.4 is 0 Å². The van der Waals surface area contributed by atoms with Crippen molar-refractivity contribution >= 4 is 26.2 Å². The second kappa shape index (κ2) is 6.66. The van der Waals surface area contributed by atoms with Crippen LogP contribution in [-0.4, -0.2) is 28.4 Å². The predicted octanol–water partition coefficient (Wildman–Crippen LogP) is 0.111. The van der Waals surface area contributed by atoms with Gasteiger partial charge in [0.25, 0.3) is 0 Å². The van der Waals surface area contributed by atoms with E-state index < -0.39 is 0 Å². The number of rotatable bonds is 4. The molecule has 0 rings (SSSR count). The summed E-state index contributed by atoms with van der Waals surface area (Å²) in [6.07, 6.45) is 2.12. The molecular weight excluding hydrogens is 172 g/mol. The highest BCUT2D eigenvalue weighted by atomic mass is 79.9. The van der Waals surface area contributed by atoms with Crippen molar-refractivity contribution < 1.29 is 4.74 Å². The van der Waals surface area contributed by atoms with Crippen molar-refractivity contribution in [2.45, 2.75) is 6.42 Å². The third-order valence-corrected chi connectivity index (χ3v) is 1.60. The van der Waals surface area contributed by atoms with Gasteiger partial charge in [-0.05, 0) is 6.42 Å². The summed E-state index contributed by atoms with van der Waals surface area (Å²) in [7, 11) is 1.17. The van der Waals surface area contributed by atoms with Crippen molar-refractivity contribution in [3.63, 3.8) is 0 Å². The molecule has 0 aliphatic carbocycles. The van der Waals surface area contributed by atoms with Gasteiger partial charge in [-0.2, -0.15) is 0 Å². The monoisotopic (exact) mass is 182 g/mol. The molecular formula is C4H11BrOSi. The van der Waals surface area contributed by atoms with Crippen molar-refractivity contribution in [2.75, 3.05) is 18.2 Å². The van der Waals surface area contributed by atoms with Gasteiger partial charge in [-0.3, -0.25) is 0 Å². The number of halogens is 1. The maximum absolute atomic E-state index is 5.11. The van der Waals surface area contributed by atoms with E-state index in [2.05, 4.69) is 15.9 Å². The van der Waals surface area contributed by atoms with Crippen LogP contribution in [0.15, 0.2) is 0 Å². The van der Waals surface area contributed by atoms with Crippen LogP contribution in [0.3, 0.4) is 0 Å². The second-order valence-electron chi connectivity index (χ2n) is 1.24. The second-order valence-corrected chi connectivity index (χ2v) is 2.61. The first-order valence-corrected chi connectivity index (χ1v) is 5.09. The quantitative estimate of drug-likeness (QED) is 0.341. The summed E-state index contributed by atoms with van der Waals surface area (Å²) in [6.45, 7) is 0.925. The van der Waals surface area contributed by atoms with E-state index in [1.54, 1.807) is 0 Å². The summed E-state index contributed by atoms with van der Waals surface area (Å²) >= 11 is 3.31. The van der Waals surface area contributed by atoms with Crippen molar-refractivity contribution in [1.82, 2.24) is 0 Å². The molecule has 3 heteroatoms. The minimum atomic E-state index is 0.925. The van der Waals surface area contributed by atoms with E-state index in [4.69, 9.17) is 4.74 Å². The first kappa shape index (κ1) is 7.66. The molecule has 0 aromatic carbocycles. The fraction of sp³-hybridized carbons (Fsp3) is 1.00. The molecule has 0 aromatic heterocycles. The molecule has 0 N–H and O–H groups in total. The standard InChI is InChI=1S/C4H11BrOSi/c5-2-1-3-6-4-7/h1-4H2,7H3. The van der Waals surface area contributed by atoms with Crippen molar-refractivity contribution in [2.24, 2.45) is 0 Å². The zero-order valence-electron chi connectivity index (χ0n) is 4.61. The van der Waals surface area contributed by atoms with Gasteiger partial charge < -0.3 is 4.74 Å². The molecule has 0 aromatic rings. The van der Waals surface area contributed by atoms with Crippen LogP contribution in [0.25, 0.3) is 0 Å². The van der Waals surface area contributed by atoms with E-state index in [-0.39, 0.29) is 0 Å². The molecule has 0 amide bonds. The smallest absolute Gasteiger partial charge is 0.0469 e. The molecule has 0 fully saturated rings. The molecule has 0 aliphatic rings. The van der Waals surface area contributed by atoms with E-state index in [9.17, 15) is 0 Å². The zero-order valence-corrected chi connectivity index (χ0v) is 8.20. The maximum atomic E-state index is 5.11. The van der Waals surface area contributed by atoms with Crippen LogP contribution in [0.4, 0.5) is 0 Å². The Bertz CT molecular complexity index is 30.9. The van der Waals surface area contributed by atoms with Gasteiger partial charge in [0.05, 0.1) is 0 Å². The molecule has 0 aliphatic heterocycles. The summed E-state index contributed by atoms with van der Waals surface area (Å²) < 4.78 is 5.11. The summed E-state index contributed by atoms with van der Waals surface area (Å²) in [6, 6.07) is 0. The molecule has 0 bridgehead atoms. The molecule has 7 heavy (non-hydrogen) atoms. The molecule has 0 spiro atoms. The highest BCUT2D eigenvalue weighted by molar-refractivity contribution is 9.09. The van der Waals surface area contributed by atoms with E-state index in [1.165, 1.54) is 10.2 Å². The van der Waals surface area contributed by atoms with E-state index in [0.29, 0.717) is 0 Å². The summed E-state index contributed by atoms with van der Waals surface area (Å²) in [5.74, 6) is 0. The average molecular weight is 183 g/mol. The van der Waals surface area contributed by atoms with E-state index >= 15 is 0 Å². The maximum Gasteiger partial charge on any atom is 0.0469 e. The Labute approximate surface area is 56.0 Å². The fourth-order valence-corrected chi connectivity index (χ4v) is 0.819. The van der Waals surface area contributed by atoms with Crippen LogP contribution in [0.5, 0.6) is 0 Å². The van der Waals surface area contributed by atoms with E-state index in [1.807, 2.05) is 0 Å². The summed E-state index contributed by atoms with van der Waals surface area (Å²) in [5, 5.41) is 1.06. The highest BCUT2D eigenvalue weighted by Crippen LogP contribution is 1.86. The lowest BCUT2D eigenvalue weighted by Crippen LogP contribution is -1.95. The lowest BCUT2D eigenvalue weighted by Gasteiger charge is -1.94. The Hall–Kier alpha value is 0.657. The summed E-state index contributed by atoms with van der Waals surface area (Å²) in [4.78, 5) is 0. The number of hydrogen-bond acceptors (Lipinski definition) is 1. The third kappa shape index (κ3) is 6.66. The molecule has 0 heterocycles. The third-order valence-electron chi connectivity index (χ3n) is 0.626. The van der Waals surface area contributed by atoms with Crippen LogP contribution in [0.2, 0.25) is 0 Å². The molecule has 0 atom stereocenters. The van der Waals surface area contributed by atoms with E-state index in [0.717, 1.165) is 24.6 Å². The van der Waals surface area contributed by atoms with Gasteiger partial charge >= 0.3 is 0 Å². The van der Waals surface area contributed by atoms with Crippen molar-refractivity contribution in [1.29, 1.82) is 0 Å². The van der Waals surface area contributed by atoms with Gasteiger partial charge in [0.2, 0.25) is 0 Å². The molecule has 0 saturated carbocycles. The van der Waals surface area contributed by atoms with Crippen LogP contribution in [0, 0.1) is 0 Å². The molecule has 0 radical (unpaired) electrons. The minimum absolute atomic E-state index is 0.925. The topological polar surface area (TPSA) is 9.23 Å². The zero-order chi connectivity index (χ0) is 5.54. The minimum Gasteiger partial charge on any atom is -0.386 e. The van der Waals surface area contributed by atoms with Gasteiger partial charge in [-0.15, -0.1) is 0 Å². The Morgan fingerprint density at radius 3 is 2.71 bits per heavy atom. The molecule has 44 valence electrons. The van der Waals surface area contributed by atoms with Gasteiger partial charge in [0, 0.05) is 28.4 Å². The highest BCUT2D eigenvalue weighted by Gasteiger charge is 1.79. The van der Waals surface area contributed by atoms with Crippen molar-refractivity contribution in [3.05, 3.63) is 0 Å². The van der Waals surface area contributed by atoms with Gasteiger partial charge in [0.1, 0.15) is 0 Å². The Morgan fingerprint density at radius 1 is 1.57 bits per heavy atom. The van der Waals surface area contributed by atoms with Gasteiger partial charge in [0.15, 0.2) is 0 Å². The number of alkyl halides is 1. The molecule has 0 unspecified atom stereocenters. The lowest BCUT2D eigenvalue weighted by atomic mass is 10.5. The first-order valence-electron chi connectivity index (χ1n) is 2.55. The van der Waals surface area contributed by atoms with Gasteiger partial charge in [-0.1, -0.05) is 15.9 Å². The lowest BCUT2D eigenvalue weighted by molar-refractivity contribution is 0.180. The first-order chi connectivity index (χ1) is 3.41. The fourth-order valence-electron chi connectivity index (χ4n) is 0.301. The summed E-state index contributed by atoms with van der Waals surface area (Å²) in [5.41, 5.74) is 0. The SMILES string of the molecule is [SiH3]COCCCBr. The number of ether oxygens (including phenoxy) is 1. The Morgan fingerprint density at radius 2 is 2.29 bits per heavy atom. The largest absolute Gasteiger partial charge is 0.386 e. The van der Waals surface area contributed by atoms with Gasteiger partial charge in [-0.25, -0.2) is 0 Å². The molecule has 0 saturated heterocycles. The molecule has 1 nitrogen and oxygen atoms in total. The van der Waals surface area contributed by atoms with Crippen LogP contribution >= 0.6 is 15.9 Å². The normalized spacial score (nSPS) is 9.86.